The lowest BCUT2D eigenvalue weighted by Gasteiger charge is -2.24. The Bertz CT molecular complexity index is 3410. The van der Waals surface area contributed by atoms with Crippen LogP contribution >= 0.6 is 7.82 Å². The van der Waals surface area contributed by atoms with Crippen LogP contribution in [0.15, 0.2) is 0 Å². The van der Waals surface area contributed by atoms with E-state index in [4.69, 9.17) is 89.5 Å². The molecule has 0 saturated carbocycles. The fourth-order valence-corrected chi connectivity index (χ4v) is 2.74. The maximum Gasteiger partial charge on any atom is 0.472 e. The van der Waals surface area contributed by atoms with E-state index in [2.05, 4.69) is 14.0 Å². The van der Waals surface area contributed by atoms with Gasteiger partial charge in [-0.2, -0.15) is 0 Å². The van der Waals surface area contributed by atoms with Crippen LogP contribution in [0.4, 0.5) is 0 Å². The van der Waals surface area contributed by atoms with E-state index in [1.54, 1.807) is 0 Å². The third-order valence-corrected chi connectivity index (χ3v) is 4.93. The number of likely N-dealkylation sites (N-methyl/N-ethyl adjacent to an activating group) is 1. The Morgan fingerprint density at radius 1 is 0.600 bits per heavy atom. The van der Waals surface area contributed by atoms with Crippen molar-refractivity contribution in [2.45, 2.75) is 198 Å². The van der Waals surface area contributed by atoms with Gasteiger partial charge in [-0.25, -0.2) is 4.57 Å². The Morgan fingerprint density at radius 3 is 1.38 bits per heavy atom. The van der Waals surface area contributed by atoms with Crippen molar-refractivity contribution in [2.24, 2.45) is 0 Å². The number of phosphoric acid groups is 1. The van der Waals surface area contributed by atoms with Crippen molar-refractivity contribution in [3.05, 3.63) is 0 Å². The molecule has 0 rings (SSSR count). The van der Waals surface area contributed by atoms with Crippen LogP contribution in [0.25, 0.3) is 0 Å². The summed E-state index contributed by atoms with van der Waals surface area (Å²) in [6.45, 7) is -13.8. The van der Waals surface area contributed by atoms with Gasteiger partial charge in [0.15, 0.2) is 6.10 Å². The lowest BCUT2D eigenvalue weighted by Crippen LogP contribution is -2.37. The van der Waals surface area contributed by atoms with Crippen LogP contribution in [0.5, 0.6) is 0 Å². The first-order valence-electron chi connectivity index (χ1n) is 44.1. The lowest BCUT2D eigenvalue weighted by molar-refractivity contribution is -0.870. The first kappa shape index (κ1) is 9.33. The molecular weight excluding hydrogens is 653 g/mol. The van der Waals surface area contributed by atoms with Gasteiger partial charge < -0.3 is 18.9 Å². The van der Waals surface area contributed by atoms with Gasteiger partial charge in [0.25, 0.3) is 0 Å². The maximum atomic E-state index is 14.0. The summed E-state index contributed by atoms with van der Waals surface area (Å²) in [5.74, 6) is -6.16. The average Bonchev–Trinajstić information content (AvgIpc) is 0.684. The molecule has 1 unspecified atom stereocenters. The molecule has 9 nitrogen and oxygen atoms in total. The molecule has 0 aliphatic rings. The highest BCUT2D eigenvalue weighted by Gasteiger charge is 2.27. The molecular formula is C40H81NO8P+. The van der Waals surface area contributed by atoms with E-state index in [0.29, 0.717) is 0 Å². The van der Waals surface area contributed by atoms with E-state index < -0.39 is 238 Å². The van der Waals surface area contributed by atoms with Crippen LogP contribution in [0, 0.1) is 0 Å². The Labute approximate surface area is 395 Å². The molecule has 0 aliphatic carbocycles. The molecule has 0 heterocycles. The third kappa shape index (κ3) is 36.8. The van der Waals surface area contributed by atoms with Gasteiger partial charge in [0.05, 0.1) is 27.7 Å². The first-order valence-corrected chi connectivity index (χ1v) is 14.6. The molecule has 0 spiro atoms. The van der Waals surface area contributed by atoms with Crippen LogP contribution in [0.1, 0.15) is 277 Å². The predicted molar refractivity (Wildman–Crippen MR) is 206 cm³/mol. The molecule has 10 heteroatoms. The molecule has 1 N–H and O–H groups in total. The minimum Gasteiger partial charge on any atom is -0.462 e. The first-order chi connectivity index (χ1) is 47.3. The molecule has 298 valence electrons. The number of ether oxygens (including phenoxy) is 2. The summed E-state index contributed by atoms with van der Waals surface area (Å²) >= 11 is 0. The molecule has 50 heavy (non-hydrogen) atoms. The number of quaternary nitrogens is 1. The SMILES string of the molecule is [2H]C([2H])([2H])C([2H])([2H])C([2H])([2H])C([2H])([2H])C([2H])([2H])C([2H])([2H])C([2H])([2H])C([2H])([2H])C([2H])([2H])C([2H])([2H])C([2H])([2H])C([2H])([2H])C([2H])([2H])C([2H])([2H])C([2H])([2H])C(=O)OC[C@@H](COP(=O)(O)OCC[N+](C)(C)C)OC(=O)C([2H])([2H])C([2H])([2H])C([2H])([2H])C([2H])([2H])C([2H])([2H])C([2H])([2H])C([2H])([2H])C([2H])([2H])C([2H])([2H])C([2H])([2H])C([2H])([2H])C([2H])([2H])C([2H])([2H])C([2H])([2H])C([2H])([2H])[2H]. The van der Waals surface area contributed by atoms with E-state index in [-0.39, 0.29) is 11.0 Å². The van der Waals surface area contributed by atoms with Gasteiger partial charge in [0.1, 0.15) is 19.8 Å². The minimum absolute atomic E-state index is 0.0674. The predicted octanol–water partition coefficient (Wildman–Crippen LogP) is 11.2. The van der Waals surface area contributed by atoms with Gasteiger partial charge in [-0.05, 0) is 12.7 Å². The van der Waals surface area contributed by atoms with Gasteiger partial charge in [-0.3, -0.25) is 18.6 Å². The fourth-order valence-electron chi connectivity index (χ4n) is 2.00. The van der Waals surface area contributed by atoms with Crippen molar-refractivity contribution < 1.29 is 127 Å². The van der Waals surface area contributed by atoms with Gasteiger partial charge >= 0.3 is 19.8 Å². The van der Waals surface area contributed by atoms with Crippen LogP contribution in [0.2, 0.25) is 0 Å². The smallest absolute Gasteiger partial charge is 0.462 e. The molecule has 0 fully saturated rings. The second-order valence-corrected chi connectivity index (χ2v) is 10.2. The summed E-state index contributed by atoms with van der Waals surface area (Å²) in [7, 11) is -1.28. The minimum atomic E-state index is -5.70. The number of carbonyl (C=O) groups is 2. The van der Waals surface area contributed by atoms with Crippen LogP contribution in [0.3, 0.4) is 0 Å². The summed E-state index contributed by atoms with van der Waals surface area (Å²) in [5.41, 5.74) is 0. The van der Waals surface area contributed by atoms with Crippen molar-refractivity contribution in [1.82, 2.24) is 0 Å². The third-order valence-electron chi connectivity index (χ3n) is 3.94. The highest BCUT2D eigenvalue weighted by molar-refractivity contribution is 7.47. The topological polar surface area (TPSA) is 108 Å². The van der Waals surface area contributed by atoms with Crippen molar-refractivity contribution in [1.29, 1.82) is 0 Å². The van der Waals surface area contributed by atoms with E-state index in [1.165, 1.54) is 21.1 Å². The lowest BCUT2D eigenvalue weighted by atomic mass is 10.0. The monoisotopic (exact) mass is 797 g/mol. The Hall–Kier alpha value is -0.990. The second kappa shape index (κ2) is 33.8. The highest BCUT2D eigenvalue weighted by atomic mass is 31.2. The van der Waals surface area contributed by atoms with Gasteiger partial charge in [-0.15, -0.1) is 0 Å². The standard InChI is InChI=1S/C40H80NO8P/c1-6-8-10-12-14-16-18-20-22-24-26-28-30-32-39(42)46-36-38(37-48-50(44,45)47-35-34-41(3,4)5)49-40(43)33-31-29-27-25-23-21-19-17-15-13-11-9-7-2/h38H,6-37H2,1-5H3/p+1/t38-/m0/s1/i1D3,2D3,6D2,7D2,8D2,9D2,10D2,11D2,12D2,13D2,14D2,15D2,16D2,17D2,18D2,19D2,20D2,21D2,22D2,23D2,24D2,25D2,26D2,27D2,28D2,29D2,30D2,31D2,32D2,33D2. The van der Waals surface area contributed by atoms with Crippen LogP contribution in [-0.4, -0.2) is 74.9 Å². The van der Waals surface area contributed by atoms with Crippen molar-refractivity contribution in [3.8, 4) is 0 Å². The molecule has 0 radical (unpaired) electrons. The van der Waals surface area contributed by atoms with Gasteiger partial charge in [-0.1, -0.05) is 167 Å². The summed E-state index contributed by atoms with van der Waals surface area (Å²) in [6.07, 6.45) is -151. The van der Waals surface area contributed by atoms with Gasteiger partial charge in [0, 0.05) is 97.7 Å². The van der Waals surface area contributed by atoms with E-state index in [0.717, 1.165) is 0 Å². The van der Waals surface area contributed by atoms with E-state index in [9.17, 15) is 19.0 Å². The summed E-state index contributed by atoms with van der Waals surface area (Å²) in [5, 5.41) is 0. The molecule has 0 saturated heterocycles. The van der Waals surface area contributed by atoms with Crippen LogP contribution < -0.4 is 0 Å². The molecule has 0 amide bonds. The van der Waals surface area contributed by atoms with Crippen molar-refractivity contribution in [3.63, 3.8) is 0 Å². The van der Waals surface area contributed by atoms with Crippen molar-refractivity contribution >= 4 is 19.8 Å². The number of hydrogen-bond acceptors (Lipinski definition) is 7. The quantitative estimate of drug-likeness (QED) is 0.0374. The Balaban J connectivity index is 8.27. The van der Waals surface area contributed by atoms with E-state index >= 15 is 0 Å². The summed E-state index contributed by atoms with van der Waals surface area (Å²) in [4.78, 5) is 38.2. The molecule has 0 aliphatic heterocycles. The van der Waals surface area contributed by atoms with Gasteiger partial charge in [0.2, 0.25) is 0 Å². The average molecular weight is 797 g/mol. The summed E-state index contributed by atoms with van der Waals surface area (Å²) < 4.78 is 541. The number of esters is 2. The zero-order valence-electron chi connectivity index (χ0n) is 88.6. The summed E-state index contributed by atoms with van der Waals surface area (Å²) in [6, 6.07) is 0. The zero-order valence-corrected chi connectivity index (χ0v) is 27.5. The number of carbonyl (C=O) groups excluding carboxylic acids is 2. The second-order valence-electron chi connectivity index (χ2n) is 8.74. The zero-order chi connectivity index (χ0) is 92.4. The Morgan fingerprint density at radius 2 is 0.980 bits per heavy atom. The van der Waals surface area contributed by atoms with E-state index in [1.807, 2.05) is 0 Å². The highest BCUT2D eigenvalue weighted by Crippen LogP contribution is 2.43. The Kier molecular flexibility index (Phi) is 6.31. The maximum absolute atomic E-state index is 14.0. The van der Waals surface area contributed by atoms with Crippen LogP contribution in [-0.2, 0) is 32.7 Å². The molecule has 0 aromatic rings. The molecule has 2 atom stereocenters. The fraction of sp³-hybridized carbons (Fsp3) is 0.950. The number of hydrogen-bond donors (Lipinski definition) is 1. The molecule has 0 bridgehead atoms. The van der Waals surface area contributed by atoms with Crippen molar-refractivity contribution in [2.75, 3.05) is 47.5 Å². The largest absolute Gasteiger partial charge is 0.472 e. The number of nitrogens with zero attached hydrogens (tertiary/aromatic N) is 1. The molecule has 0 aromatic carbocycles. The normalized spacial score (nSPS) is 40.6. The number of phosphoric ester groups is 1. The number of rotatable bonds is 38. The molecule has 0 aromatic heterocycles.